The number of hydrogen-bond donors (Lipinski definition) is 1. The standard InChI is InChI=1S/C21H27N3O3.HI/c1-22-21(24(2)15-17-7-4-5-8-18(17)25-3)23-14-16-9-10-19-20(13-16)27-12-6-11-26-19;/h4-5,7-10,13H,6,11-12,14-15H2,1-3H3,(H,22,23);1H. The molecular weight excluding hydrogens is 469 g/mol. The van der Waals surface area contributed by atoms with Gasteiger partial charge in [-0.1, -0.05) is 24.3 Å². The number of nitrogens with zero attached hydrogens (tertiary/aromatic N) is 2. The zero-order valence-corrected chi connectivity index (χ0v) is 18.9. The lowest BCUT2D eigenvalue weighted by molar-refractivity contribution is 0.297. The first kappa shape index (κ1) is 22.1. The number of para-hydroxylation sites is 1. The maximum absolute atomic E-state index is 5.77. The maximum atomic E-state index is 5.77. The fourth-order valence-corrected chi connectivity index (χ4v) is 3.05. The van der Waals surface area contributed by atoms with Crippen molar-refractivity contribution < 1.29 is 14.2 Å². The molecular formula is C21H28IN3O3. The van der Waals surface area contributed by atoms with Gasteiger partial charge < -0.3 is 24.4 Å². The number of halogens is 1. The van der Waals surface area contributed by atoms with Gasteiger partial charge in [-0.15, -0.1) is 24.0 Å². The van der Waals surface area contributed by atoms with Gasteiger partial charge in [0.15, 0.2) is 17.5 Å². The van der Waals surface area contributed by atoms with Crippen LogP contribution in [0.3, 0.4) is 0 Å². The van der Waals surface area contributed by atoms with E-state index in [2.05, 4.69) is 21.3 Å². The Balaban J connectivity index is 0.00000280. The largest absolute Gasteiger partial charge is 0.496 e. The quantitative estimate of drug-likeness (QED) is 0.388. The monoisotopic (exact) mass is 497 g/mol. The second-order valence-electron chi connectivity index (χ2n) is 6.40. The molecule has 28 heavy (non-hydrogen) atoms. The summed E-state index contributed by atoms with van der Waals surface area (Å²) in [6, 6.07) is 14.1. The molecule has 152 valence electrons. The first-order chi connectivity index (χ1) is 13.2. The molecule has 6 nitrogen and oxygen atoms in total. The van der Waals surface area contributed by atoms with E-state index in [0.717, 1.165) is 40.8 Å². The third-order valence-corrected chi connectivity index (χ3v) is 4.44. The van der Waals surface area contributed by atoms with Crippen molar-refractivity contribution >= 4 is 29.9 Å². The first-order valence-electron chi connectivity index (χ1n) is 9.13. The Kier molecular flexibility index (Phi) is 8.69. The van der Waals surface area contributed by atoms with Gasteiger partial charge in [-0.3, -0.25) is 4.99 Å². The average Bonchev–Trinajstić information content (AvgIpc) is 2.94. The van der Waals surface area contributed by atoms with Gasteiger partial charge >= 0.3 is 0 Å². The number of hydrogen-bond acceptors (Lipinski definition) is 4. The predicted octanol–water partition coefficient (Wildman–Crippen LogP) is 3.68. The smallest absolute Gasteiger partial charge is 0.193 e. The van der Waals surface area contributed by atoms with Crippen molar-refractivity contribution in [3.05, 3.63) is 53.6 Å². The van der Waals surface area contributed by atoms with E-state index >= 15 is 0 Å². The molecule has 0 saturated carbocycles. The third-order valence-electron chi connectivity index (χ3n) is 4.44. The Hall–Kier alpha value is -2.16. The molecule has 0 spiro atoms. The van der Waals surface area contributed by atoms with Gasteiger partial charge in [-0.25, -0.2) is 0 Å². The number of nitrogens with one attached hydrogen (secondary N) is 1. The molecule has 0 unspecified atom stereocenters. The number of benzene rings is 2. The highest BCUT2D eigenvalue weighted by atomic mass is 127. The van der Waals surface area contributed by atoms with E-state index < -0.39 is 0 Å². The molecule has 7 heteroatoms. The van der Waals surface area contributed by atoms with Crippen molar-refractivity contribution in [1.82, 2.24) is 10.2 Å². The maximum Gasteiger partial charge on any atom is 0.193 e. The van der Waals surface area contributed by atoms with E-state index in [0.29, 0.717) is 26.3 Å². The summed E-state index contributed by atoms with van der Waals surface area (Å²) in [5.41, 5.74) is 2.23. The van der Waals surface area contributed by atoms with Crippen LogP contribution in [0.15, 0.2) is 47.5 Å². The second-order valence-corrected chi connectivity index (χ2v) is 6.40. The summed E-state index contributed by atoms with van der Waals surface area (Å²) in [6.07, 6.45) is 0.905. The number of methoxy groups -OCH3 is 1. The van der Waals surface area contributed by atoms with Crippen LogP contribution in [0.25, 0.3) is 0 Å². The van der Waals surface area contributed by atoms with Gasteiger partial charge in [0.1, 0.15) is 5.75 Å². The van der Waals surface area contributed by atoms with Crippen LogP contribution in [0.2, 0.25) is 0 Å². The van der Waals surface area contributed by atoms with Crippen LogP contribution in [-0.2, 0) is 13.1 Å². The summed E-state index contributed by atoms with van der Waals surface area (Å²) < 4.78 is 16.9. The van der Waals surface area contributed by atoms with Crippen LogP contribution in [-0.4, -0.2) is 45.3 Å². The molecule has 1 aliphatic heterocycles. The molecule has 1 aliphatic rings. The Labute approximate surface area is 183 Å². The zero-order chi connectivity index (χ0) is 19.1. The van der Waals surface area contributed by atoms with Gasteiger partial charge in [-0.2, -0.15) is 0 Å². The number of aliphatic imine (C=N–C) groups is 1. The SMILES string of the molecule is CN=C(NCc1ccc2c(c1)OCCCO2)N(C)Cc1ccccc1OC.I. The van der Waals surface area contributed by atoms with E-state index in [1.165, 1.54) is 0 Å². The molecule has 0 saturated heterocycles. The summed E-state index contributed by atoms with van der Waals surface area (Å²) in [5, 5.41) is 3.40. The topological polar surface area (TPSA) is 55.3 Å². The molecule has 2 aromatic rings. The van der Waals surface area contributed by atoms with E-state index in [-0.39, 0.29) is 24.0 Å². The van der Waals surface area contributed by atoms with Crippen LogP contribution in [0.1, 0.15) is 17.5 Å². The van der Waals surface area contributed by atoms with Gasteiger partial charge in [-0.05, 0) is 23.8 Å². The fourth-order valence-electron chi connectivity index (χ4n) is 3.05. The van der Waals surface area contributed by atoms with Crippen molar-refractivity contribution in [2.45, 2.75) is 19.5 Å². The second kappa shape index (κ2) is 11.0. The number of ether oxygens (including phenoxy) is 3. The molecule has 1 N–H and O–H groups in total. The summed E-state index contributed by atoms with van der Waals surface area (Å²) >= 11 is 0. The van der Waals surface area contributed by atoms with Crippen LogP contribution < -0.4 is 19.5 Å². The molecule has 2 aromatic carbocycles. The minimum atomic E-state index is 0. The highest BCUT2D eigenvalue weighted by Gasteiger charge is 2.12. The summed E-state index contributed by atoms with van der Waals surface area (Å²) in [7, 11) is 5.49. The molecule has 0 radical (unpaired) electrons. The third kappa shape index (κ3) is 5.67. The zero-order valence-electron chi connectivity index (χ0n) is 16.6. The Morgan fingerprint density at radius 2 is 1.89 bits per heavy atom. The molecule has 3 rings (SSSR count). The molecule has 1 heterocycles. The molecule has 0 aliphatic carbocycles. The highest BCUT2D eigenvalue weighted by molar-refractivity contribution is 14.0. The lowest BCUT2D eigenvalue weighted by Crippen LogP contribution is -2.38. The Morgan fingerprint density at radius 3 is 2.64 bits per heavy atom. The van der Waals surface area contributed by atoms with Crippen molar-refractivity contribution in [1.29, 1.82) is 0 Å². The van der Waals surface area contributed by atoms with Crippen molar-refractivity contribution in [3.8, 4) is 17.2 Å². The van der Waals surface area contributed by atoms with E-state index in [9.17, 15) is 0 Å². The van der Waals surface area contributed by atoms with Crippen molar-refractivity contribution in [2.24, 2.45) is 4.99 Å². The normalized spacial score (nSPS) is 13.2. The minimum absolute atomic E-state index is 0. The summed E-state index contributed by atoms with van der Waals surface area (Å²) in [6.45, 7) is 2.74. The minimum Gasteiger partial charge on any atom is -0.496 e. The summed E-state index contributed by atoms with van der Waals surface area (Å²) in [5.74, 6) is 3.31. The van der Waals surface area contributed by atoms with E-state index in [1.54, 1.807) is 14.2 Å². The Bertz CT molecular complexity index is 798. The first-order valence-corrected chi connectivity index (χ1v) is 9.13. The van der Waals surface area contributed by atoms with Gasteiger partial charge in [0, 0.05) is 39.2 Å². The molecule has 0 bridgehead atoms. The number of guanidine groups is 1. The van der Waals surface area contributed by atoms with E-state index in [4.69, 9.17) is 14.2 Å². The average molecular weight is 497 g/mol. The highest BCUT2D eigenvalue weighted by Crippen LogP contribution is 2.30. The van der Waals surface area contributed by atoms with E-state index in [1.807, 2.05) is 43.4 Å². The fraction of sp³-hybridized carbons (Fsp3) is 0.381. The number of fused-ring (bicyclic) bond motifs is 1. The lowest BCUT2D eigenvalue weighted by atomic mass is 10.2. The van der Waals surface area contributed by atoms with Crippen LogP contribution >= 0.6 is 24.0 Å². The molecule has 0 fully saturated rings. The molecule has 0 atom stereocenters. The summed E-state index contributed by atoms with van der Waals surface area (Å²) in [4.78, 5) is 6.46. The molecule has 0 amide bonds. The predicted molar refractivity (Wildman–Crippen MR) is 122 cm³/mol. The van der Waals surface area contributed by atoms with Gasteiger partial charge in [0.25, 0.3) is 0 Å². The van der Waals surface area contributed by atoms with Crippen molar-refractivity contribution in [3.63, 3.8) is 0 Å². The van der Waals surface area contributed by atoms with Crippen LogP contribution in [0.5, 0.6) is 17.2 Å². The number of rotatable bonds is 5. The van der Waals surface area contributed by atoms with Gasteiger partial charge in [0.05, 0.1) is 20.3 Å². The Morgan fingerprint density at radius 1 is 1.14 bits per heavy atom. The van der Waals surface area contributed by atoms with Crippen LogP contribution in [0.4, 0.5) is 0 Å². The van der Waals surface area contributed by atoms with Crippen LogP contribution in [0, 0.1) is 0 Å². The van der Waals surface area contributed by atoms with Gasteiger partial charge in [0.2, 0.25) is 0 Å². The lowest BCUT2D eigenvalue weighted by Gasteiger charge is -2.23. The molecule has 0 aromatic heterocycles. The van der Waals surface area contributed by atoms with Crippen molar-refractivity contribution in [2.75, 3.05) is 34.4 Å².